The molecule has 2 atom stereocenters. The van der Waals surface area contributed by atoms with E-state index in [4.69, 9.17) is 0 Å². The van der Waals surface area contributed by atoms with E-state index in [2.05, 4.69) is 74.2 Å². The van der Waals surface area contributed by atoms with Crippen LogP contribution in [0.4, 0.5) is 0 Å². The molecule has 0 bridgehead atoms. The van der Waals surface area contributed by atoms with E-state index in [1.807, 2.05) is 36.4 Å². The van der Waals surface area contributed by atoms with Gasteiger partial charge in [-0.25, -0.2) is 0 Å². The van der Waals surface area contributed by atoms with Gasteiger partial charge in [0.15, 0.2) is 0 Å². The molecule has 4 rings (SSSR count). The molecule has 1 heterocycles. The summed E-state index contributed by atoms with van der Waals surface area (Å²) in [7, 11) is 0. The Labute approximate surface area is 211 Å². The van der Waals surface area contributed by atoms with Crippen LogP contribution >= 0.6 is 0 Å². The average molecular weight is 472 g/mol. The van der Waals surface area contributed by atoms with Gasteiger partial charge in [-0.3, -0.25) is 4.90 Å². The zero-order chi connectivity index (χ0) is 24.9. The van der Waals surface area contributed by atoms with Gasteiger partial charge < -0.3 is 10.2 Å². The molecule has 1 aliphatic rings. The van der Waals surface area contributed by atoms with Crippen molar-refractivity contribution in [3.05, 3.63) is 107 Å². The third kappa shape index (κ3) is 5.69. The second-order valence-corrected chi connectivity index (χ2v) is 11.1. The maximum atomic E-state index is 12.4. The van der Waals surface area contributed by atoms with Crippen molar-refractivity contribution in [2.24, 2.45) is 5.92 Å². The SMILES string of the molecule is CC(C)(C)c1ccc([C@@H]2C[C@@H](C(O)(c3ccccc3)c3ccccc3)CCN2CCCCO)cc1. The van der Waals surface area contributed by atoms with Gasteiger partial charge >= 0.3 is 0 Å². The highest BCUT2D eigenvalue weighted by molar-refractivity contribution is 5.38. The second-order valence-electron chi connectivity index (χ2n) is 11.1. The lowest BCUT2D eigenvalue weighted by molar-refractivity contribution is -0.0319. The van der Waals surface area contributed by atoms with Crippen molar-refractivity contribution >= 4 is 0 Å². The Balaban J connectivity index is 1.69. The molecular weight excluding hydrogens is 430 g/mol. The molecule has 1 aliphatic heterocycles. The topological polar surface area (TPSA) is 43.7 Å². The number of rotatable bonds is 8. The van der Waals surface area contributed by atoms with Crippen molar-refractivity contribution < 1.29 is 10.2 Å². The Bertz CT molecular complexity index is 1000. The Morgan fingerprint density at radius 3 is 1.86 bits per heavy atom. The second kappa shape index (κ2) is 11.1. The molecule has 0 unspecified atom stereocenters. The number of hydrogen-bond acceptors (Lipinski definition) is 3. The highest BCUT2D eigenvalue weighted by atomic mass is 16.3. The van der Waals surface area contributed by atoms with Crippen LogP contribution in [0.3, 0.4) is 0 Å². The number of benzene rings is 3. The largest absolute Gasteiger partial charge is 0.396 e. The van der Waals surface area contributed by atoms with E-state index < -0.39 is 5.60 Å². The summed E-state index contributed by atoms with van der Waals surface area (Å²) in [5.41, 5.74) is 3.66. The van der Waals surface area contributed by atoms with Gasteiger partial charge in [0.05, 0.1) is 0 Å². The van der Waals surface area contributed by atoms with E-state index in [1.54, 1.807) is 0 Å². The molecule has 0 aromatic heterocycles. The van der Waals surface area contributed by atoms with Gasteiger partial charge in [0, 0.05) is 12.6 Å². The van der Waals surface area contributed by atoms with Gasteiger partial charge in [0.25, 0.3) is 0 Å². The average Bonchev–Trinajstić information content (AvgIpc) is 2.89. The van der Waals surface area contributed by atoms with Crippen molar-refractivity contribution in [1.29, 1.82) is 0 Å². The van der Waals surface area contributed by atoms with Crippen molar-refractivity contribution in [3.8, 4) is 0 Å². The van der Waals surface area contributed by atoms with Crippen LogP contribution in [0.5, 0.6) is 0 Å². The third-order valence-electron chi connectivity index (χ3n) is 7.75. The van der Waals surface area contributed by atoms with Crippen molar-refractivity contribution in [2.75, 3.05) is 19.7 Å². The Morgan fingerprint density at radius 2 is 1.34 bits per heavy atom. The Hall–Kier alpha value is -2.46. The molecule has 1 fully saturated rings. The van der Waals surface area contributed by atoms with E-state index in [1.165, 1.54) is 11.1 Å². The minimum absolute atomic E-state index is 0.0914. The number of hydrogen-bond donors (Lipinski definition) is 2. The number of unbranched alkanes of at least 4 members (excludes halogenated alkanes) is 1. The molecule has 0 saturated carbocycles. The fraction of sp³-hybridized carbons (Fsp3) is 0.438. The molecule has 2 N–H and O–H groups in total. The lowest BCUT2D eigenvalue weighted by Crippen LogP contribution is -2.46. The highest BCUT2D eigenvalue weighted by Crippen LogP contribution is 2.46. The van der Waals surface area contributed by atoms with Crippen LogP contribution in [0.2, 0.25) is 0 Å². The number of aliphatic hydroxyl groups is 2. The van der Waals surface area contributed by atoms with E-state index in [0.29, 0.717) is 0 Å². The standard InChI is InChI=1S/C32H41NO2/c1-31(2,3)26-18-16-25(17-19-26)30-24-29(20-22-33(30)21-10-11-23-34)32(35,27-12-6-4-7-13-27)28-14-8-5-9-15-28/h4-9,12-19,29-30,34-35H,10-11,20-24H2,1-3H3/t29-,30-/m0/s1. The molecule has 1 saturated heterocycles. The summed E-state index contributed by atoms with van der Waals surface area (Å²) >= 11 is 0. The van der Waals surface area contributed by atoms with E-state index in [0.717, 1.165) is 49.9 Å². The van der Waals surface area contributed by atoms with E-state index >= 15 is 0 Å². The Kier molecular flexibility index (Phi) is 8.11. The monoisotopic (exact) mass is 471 g/mol. The number of likely N-dealkylation sites (tertiary alicyclic amines) is 1. The first-order chi connectivity index (χ1) is 16.8. The first-order valence-corrected chi connectivity index (χ1v) is 13.1. The van der Waals surface area contributed by atoms with Crippen LogP contribution < -0.4 is 0 Å². The summed E-state index contributed by atoms with van der Waals surface area (Å²) in [4.78, 5) is 2.56. The lowest BCUT2D eigenvalue weighted by atomic mass is 9.69. The van der Waals surface area contributed by atoms with Crippen molar-refractivity contribution in [1.82, 2.24) is 4.90 Å². The zero-order valence-electron chi connectivity index (χ0n) is 21.5. The van der Waals surface area contributed by atoms with Gasteiger partial charge in [-0.15, -0.1) is 0 Å². The van der Waals surface area contributed by atoms with Crippen LogP contribution in [-0.4, -0.2) is 34.8 Å². The minimum atomic E-state index is -1.04. The van der Waals surface area contributed by atoms with Crippen LogP contribution in [0, 0.1) is 5.92 Å². The number of piperidine rings is 1. The van der Waals surface area contributed by atoms with E-state index in [9.17, 15) is 10.2 Å². The molecule has 3 aromatic carbocycles. The normalized spacial score (nSPS) is 19.6. The van der Waals surface area contributed by atoms with Gasteiger partial charge in [-0.1, -0.05) is 106 Å². The summed E-state index contributed by atoms with van der Waals surface area (Å²) in [6, 6.07) is 29.7. The summed E-state index contributed by atoms with van der Waals surface area (Å²) in [5, 5.41) is 21.8. The first-order valence-electron chi connectivity index (χ1n) is 13.1. The summed E-state index contributed by atoms with van der Waals surface area (Å²) in [6.45, 7) is 8.89. The molecule has 3 heteroatoms. The predicted molar refractivity (Wildman–Crippen MR) is 144 cm³/mol. The molecule has 3 aromatic rings. The number of aliphatic hydroxyl groups excluding tert-OH is 1. The van der Waals surface area contributed by atoms with Crippen LogP contribution in [0.25, 0.3) is 0 Å². The quantitative estimate of drug-likeness (QED) is 0.371. The molecule has 0 radical (unpaired) electrons. The lowest BCUT2D eigenvalue weighted by Gasteiger charge is -2.46. The summed E-state index contributed by atoms with van der Waals surface area (Å²) in [5.74, 6) is 0.0914. The summed E-state index contributed by atoms with van der Waals surface area (Å²) in [6.07, 6.45) is 3.62. The van der Waals surface area contributed by atoms with Crippen molar-refractivity contribution in [2.45, 2.75) is 63.5 Å². The van der Waals surface area contributed by atoms with Crippen LogP contribution in [-0.2, 0) is 11.0 Å². The fourth-order valence-electron chi connectivity index (χ4n) is 5.66. The fourth-order valence-corrected chi connectivity index (χ4v) is 5.66. The van der Waals surface area contributed by atoms with Gasteiger partial charge in [-0.2, -0.15) is 0 Å². The van der Waals surface area contributed by atoms with Gasteiger partial charge in [0.2, 0.25) is 0 Å². The third-order valence-corrected chi connectivity index (χ3v) is 7.75. The Morgan fingerprint density at radius 1 is 0.771 bits per heavy atom. The molecule has 0 spiro atoms. The van der Waals surface area contributed by atoms with Gasteiger partial charge in [0.1, 0.15) is 5.60 Å². The number of nitrogens with zero attached hydrogens (tertiary/aromatic N) is 1. The molecule has 0 amide bonds. The molecule has 3 nitrogen and oxygen atoms in total. The van der Waals surface area contributed by atoms with Crippen molar-refractivity contribution in [3.63, 3.8) is 0 Å². The zero-order valence-corrected chi connectivity index (χ0v) is 21.5. The maximum Gasteiger partial charge on any atom is 0.118 e. The molecular formula is C32H41NO2. The molecule has 35 heavy (non-hydrogen) atoms. The predicted octanol–water partition coefficient (Wildman–Crippen LogP) is 6.45. The first kappa shape index (κ1) is 25.6. The van der Waals surface area contributed by atoms with E-state index in [-0.39, 0.29) is 24.0 Å². The smallest absolute Gasteiger partial charge is 0.118 e. The van der Waals surface area contributed by atoms with Crippen LogP contribution in [0.15, 0.2) is 84.9 Å². The van der Waals surface area contributed by atoms with Crippen LogP contribution in [0.1, 0.15) is 74.8 Å². The maximum absolute atomic E-state index is 12.4. The molecule has 0 aliphatic carbocycles. The van der Waals surface area contributed by atoms with Gasteiger partial charge in [-0.05, 0) is 72.4 Å². The molecule has 186 valence electrons. The summed E-state index contributed by atoms with van der Waals surface area (Å²) < 4.78 is 0. The highest BCUT2D eigenvalue weighted by Gasteiger charge is 2.44. The minimum Gasteiger partial charge on any atom is -0.396 e.